The predicted octanol–water partition coefficient (Wildman–Crippen LogP) is 23.4. The number of hydrogen-bond acceptors (Lipinski definition) is 6. The van der Waals surface area contributed by atoms with Crippen LogP contribution in [0.1, 0.15) is 387 Å². The highest BCUT2D eigenvalue weighted by Crippen LogP contribution is 2.18. The summed E-state index contributed by atoms with van der Waals surface area (Å²) >= 11 is 0. The third-order valence-electron chi connectivity index (χ3n) is 15.7. The second-order valence-corrected chi connectivity index (χ2v) is 23.4. The minimum Gasteiger partial charge on any atom is -0.462 e. The van der Waals surface area contributed by atoms with Crippen molar-refractivity contribution in [3.63, 3.8) is 0 Å². The maximum Gasteiger partial charge on any atom is 0.306 e. The molecule has 0 spiro atoms. The standard InChI is InChI=1S/C70H132O6/c1-4-7-10-13-16-19-21-23-25-27-28-29-30-31-32-33-34-35-36-37-38-39-40-41-42-43-45-46-48-51-54-57-60-63-69(72)75-66-67(65-74-68(71)62-59-56-53-50-18-15-12-9-6-3)76-70(73)64-61-58-55-52-49-47-44-26-24-22-20-17-14-11-8-5-2/h26-28,44,67H,4-25,29-43,45-66H2,1-3H3/b28-27-,44-26-. The van der Waals surface area contributed by atoms with E-state index in [-0.39, 0.29) is 31.1 Å². The van der Waals surface area contributed by atoms with Crippen molar-refractivity contribution in [2.24, 2.45) is 0 Å². The summed E-state index contributed by atoms with van der Waals surface area (Å²) in [5.74, 6) is -0.855. The van der Waals surface area contributed by atoms with Gasteiger partial charge in [-0.3, -0.25) is 14.4 Å². The van der Waals surface area contributed by atoms with Crippen molar-refractivity contribution in [1.29, 1.82) is 0 Å². The molecule has 0 amide bonds. The zero-order chi connectivity index (χ0) is 55.0. The molecular weight excluding hydrogens is 937 g/mol. The van der Waals surface area contributed by atoms with E-state index >= 15 is 0 Å². The van der Waals surface area contributed by atoms with Crippen LogP contribution >= 0.6 is 0 Å². The quantitative estimate of drug-likeness (QED) is 0.0261. The topological polar surface area (TPSA) is 78.9 Å². The third kappa shape index (κ3) is 62.7. The highest BCUT2D eigenvalue weighted by Gasteiger charge is 2.19. The van der Waals surface area contributed by atoms with Crippen molar-refractivity contribution in [1.82, 2.24) is 0 Å². The molecule has 0 aliphatic carbocycles. The first-order valence-corrected chi connectivity index (χ1v) is 34.3. The zero-order valence-electron chi connectivity index (χ0n) is 51.6. The molecule has 0 bridgehead atoms. The summed E-state index contributed by atoms with van der Waals surface area (Å²) in [4.78, 5) is 38.2. The lowest BCUT2D eigenvalue weighted by Crippen LogP contribution is -2.30. The molecule has 0 N–H and O–H groups in total. The molecule has 0 aliphatic heterocycles. The van der Waals surface area contributed by atoms with Gasteiger partial charge >= 0.3 is 17.9 Å². The van der Waals surface area contributed by atoms with E-state index < -0.39 is 6.10 Å². The van der Waals surface area contributed by atoms with Gasteiger partial charge in [0.05, 0.1) is 0 Å². The van der Waals surface area contributed by atoms with E-state index in [0.29, 0.717) is 19.3 Å². The molecule has 448 valence electrons. The lowest BCUT2D eigenvalue weighted by atomic mass is 10.0. The first-order valence-electron chi connectivity index (χ1n) is 34.3. The number of ether oxygens (including phenoxy) is 3. The van der Waals surface area contributed by atoms with Gasteiger partial charge in [-0.2, -0.15) is 0 Å². The van der Waals surface area contributed by atoms with Gasteiger partial charge in [0.1, 0.15) is 13.2 Å². The van der Waals surface area contributed by atoms with Gasteiger partial charge in [0.2, 0.25) is 0 Å². The smallest absolute Gasteiger partial charge is 0.306 e. The van der Waals surface area contributed by atoms with Crippen molar-refractivity contribution in [2.45, 2.75) is 393 Å². The summed E-state index contributed by atoms with van der Waals surface area (Å²) < 4.78 is 16.9. The molecule has 6 heteroatoms. The number of allylic oxidation sites excluding steroid dienone is 4. The Morgan fingerprint density at radius 1 is 0.250 bits per heavy atom. The van der Waals surface area contributed by atoms with Crippen LogP contribution in [0.4, 0.5) is 0 Å². The van der Waals surface area contributed by atoms with Gasteiger partial charge in [-0.15, -0.1) is 0 Å². The fraction of sp³-hybridized carbons (Fsp3) is 0.900. The number of carbonyl (C=O) groups is 3. The monoisotopic (exact) mass is 1070 g/mol. The van der Waals surface area contributed by atoms with E-state index in [9.17, 15) is 14.4 Å². The van der Waals surface area contributed by atoms with Crippen LogP contribution in [0.15, 0.2) is 24.3 Å². The molecule has 1 atom stereocenters. The Labute approximate surface area is 474 Å². The Kier molecular flexibility index (Phi) is 63.6. The molecule has 6 nitrogen and oxygen atoms in total. The van der Waals surface area contributed by atoms with E-state index in [1.54, 1.807) is 0 Å². The Balaban J connectivity index is 4.00. The molecule has 0 saturated carbocycles. The second kappa shape index (κ2) is 65.4. The fourth-order valence-corrected chi connectivity index (χ4v) is 10.5. The van der Waals surface area contributed by atoms with Crippen LogP contribution in [-0.4, -0.2) is 37.2 Å². The molecule has 0 saturated heterocycles. The maximum absolute atomic E-state index is 12.9. The summed E-state index contributed by atoms with van der Waals surface area (Å²) in [7, 11) is 0. The van der Waals surface area contributed by atoms with Crippen molar-refractivity contribution in [3.05, 3.63) is 24.3 Å². The largest absolute Gasteiger partial charge is 0.462 e. The van der Waals surface area contributed by atoms with Gasteiger partial charge in [-0.1, -0.05) is 321 Å². The van der Waals surface area contributed by atoms with Crippen LogP contribution in [-0.2, 0) is 28.6 Å². The van der Waals surface area contributed by atoms with Gasteiger partial charge in [0.15, 0.2) is 6.10 Å². The van der Waals surface area contributed by atoms with Gasteiger partial charge in [-0.25, -0.2) is 0 Å². The molecule has 0 fully saturated rings. The summed E-state index contributed by atoms with van der Waals surface area (Å²) in [6.45, 7) is 6.67. The van der Waals surface area contributed by atoms with Crippen LogP contribution in [0.5, 0.6) is 0 Å². The first-order chi connectivity index (χ1) is 37.5. The van der Waals surface area contributed by atoms with Crippen molar-refractivity contribution in [2.75, 3.05) is 13.2 Å². The number of unbranched alkanes of at least 4 members (excludes halogenated alkanes) is 49. The third-order valence-corrected chi connectivity index (χ3v) is 15.7. The summed E-state index contributed by atoms with van der Waals surface area (Å²) in [5.41, 5.74) is 0. The molecule has 0 aliphatic rings. The molecule has 0 heterocycles. The van der Waals surface area contributed by atoms with Gasteiger partial charge in [-0.05, 0) is 70.6 Å². The van der Waals surface area contributed by atoms with Crippen LogP contribution < -0.4 is 0 Å². The average Bonchev–Trinajstić information content (AvgIpc) is 3.42. The van der Waals surface area contributed by atoms with Gasteiger partial charge < -0.3 is 14.2 Å². The van der Waals surface area contributed by atoms with E-state index in [1.165, 1.54) is 283 Å². The molecule has 0 aromatic rings. The molecule has 76 heavy (non-hydrogen) atoms. The molecule has 1 unspecified atom stereocenters. The highest BCUT2D eigenvalue weighted by atomic mass is 16.6. The number of esters is 3. The lowest BCUT2D eigenvalue weighted by Gasteiger charge is -2.18. The Bertz CT molecular complexity index is 1230. The second-order valence-electron chi connectivity index (χ2n) is 23.4. The number of hydrogen-bond donors (Lipinski definition) is 0. The molecule has 0 radical (unpaired) electrons. The van der Waals surface area contributed by atoms with Crippen LogP contribution in [0.3, 0.4) is 0 Å². The number of rotatable bonds is 64. The Hall–Kier alpha value is -2.11. The minimum absolute atomic E-state index is 0.0688. The van der Waals surface area contributed by atoms with Gasteiger partial charge in [0.25, 0.3) is 0 Å². The lowest BCUT2D eigenvalue weighted by molar-refractivity contribution is -0.167. The zero-order valence-corrected chi connectivity index (χ0v) is 51.6. The predicted molar refractivity (Wildman–Crippen MR) is 330 cm³/mol. The molecule has 0 rings (SSSR count). The summed E-state index contributed by atoms with van der Waals surface area (Å²) in [5, 5.41) is 0. The van der Waals surface area contributed by atoms with E-state index in [4.69, 9.17) is 14.2 Å². The minimum atomic E-state index is -0.770. The van der Waals surface area contributed by atoms with E-state index in [0.717, 1.165) is 64.2 Å². The van der Waals surface area contributed by atoms with Crippen LogP contribution in [0.2, 0.25) is 0 Å². The van der Waals surface area contributed by atoms with Crippen LogP contribution in [0, 0.1) is 0 Å². The van der Waals surface area contributed by atoms with Gasteiger partial charge in [0, 0.05) is 19.3 Å². The van der Waals surface area contributed by atoms with Crippen molar-refractivity contribution >= 4 is 17.9 Å². The normalized spacial score (nSPS) is 12.1. The van der Waals surface area contributed by atoms with E-state index in [2.05, 4.69) is 45.1 Å². The molecular formula is C70H132O6. The van der Waals surface area contributed by atoms with Crippen LogP contribution in [0.25, 0.3) is 0 Å². The fourth-order valence-electron chi connectivity index (χ4n) is 10.5. The average molecular weight is 1070 g/mol. The maximum atomic E-state index is 12.9. The molecule has 0 aromatic carbocycles. The Morgan fingerprint density at radius 2 is 0.434 bits per heavy atom. The van der Waals surface area contributed by atoms with Crippen molar-refractivity contribution in [3.8, 4) is 0 Å². The highest BCUT2D eigenvalue weighted by molar-refractivity contribution is 5.71. The van der Waals surface area contributed by atoms with Crippen molar-refractivity contribution < 1.29 is 28.6 Å². The molecule has 0 aromatic heterocycles. The SMILES string of the molecule is CCCCCCCCC/C=C\CCCCCCCC(=O)OC(COC(=O)CCCCCCCCCCC)COC(=O)CCCCCCCCCCCCCCCCCCCCCCC/C=C\CCCCCCCCCC. The van der Waals surface area contributed by atoms with E-state index in [1.807, 2.05) is 0 Å². The first kappa shape index (κ1) is 73.9. The summed E-state index contributed by atoms with van der Waals surface area (Å²) in [6, 6.07) is 0. The Morgan fingerprint density at radius 3 is 0.658 bits per heavy atom. The summed E-state index contributed by atoms with van der Waals surface area (Å²) in [6.07, 6.45) is 79.5. The number of carbonyl (C=O) groups excluding carboxylic acids is 3.